The van der Waals surface area contributed by atoms with Crippen LogP contribution in [0.4, 0.5) is 0 Å². The smallest absolute Gasteiger partial charge is 0.0672 e. The molecule has 0 aromatic carbocycles. The topological polar surface area (TPSA) is 47.6 Å². The van der Waals surface area contributed by atoms with Gasteiger partial charge in [0, 0.05) is 0 Å². The molecular weight excluding hydrogens is 148 g/mol. The summed E-state index contributed by atoms with van der Waals surface area (Å²) in [6, 6.07) is 4.63. The summed E-state index contributed by atoms with van der Waals surface area (Å²) < 4.78 is 0. The number of rotatable bonds is 0. The van der Waals surface area contributed by atoms with Crippen LogP contribution in [0.15, 0.2) is 0 Å². The van der Waals surface area contributed by atoms with E-state index in [1.54, 1.807) is 0 Å². The van der Waals surface area contributed by atoms with E-state index < -0.39 is 0 Å². The minimum atomic E-state index is 0.0440. The van der Waals surface area contributed by atoms with Gasteiger partial charge >= 0.3 is 0 Å². The van der Waals surface area contributed by atoms with E-state index in [0.29, 0.717) is 11.8 Å². The fraction of sp³-hybridized carbons (Fsp3) is 0.800. The van der Waals surface area contributed by atoms with Gasteiger partial charge in [0.25, 0.3) is 0 Å². The normalized spacial score (nSPS) is 44.8. The van der Waals surface area contributed by atoms with Crippen LogP contribution in [0.3, 0.4) is 0 Å². The number of hydrogen-bond donors (Lipinski definition) is 0. The largest absolute Gasteiger partial charge is 0.198 e. The molecule has 0 spiro atoms. The second-order valence-corrected chi connectivity index (χ2v) is 3.98. The highest BCUT2D eigenvalue weighted by atomic mass is 14.5. The first-order valence-corrected chi connectivity index (χ1v) is 4.66. The van der Waals surface area contributed by atoms with Gasteiger partial charge in [-0.25, -0.2) is 0 Å². The predicted molar refractivity (Wildman–Crippen MR) is 43.7 cm³/mol. The molecule has 0 saturated heterocycles. The molecule has 0 heterocycles. The van der Waals surface area contributed by atoms with E-state index in [-0.39, 0.29) is 11.8 Å². The van der Waals surface area contributed by atoms with Crippen LogP contribution >= 0.6 is 0 Å². The zero-order valence-corrected chi connectivity index (χ0v) is 7.03. The van der Waals surface area contributed by atoms with Crippen molar-refractivity contribution in [1.82, 2.24) is 0 Å². The molecule has 0 aromatic rings. The lowest BCUT2D eigenvalue weighted by Crippen LogP contribution is -2.38. The number of nitriles is 2. The third-order valence-corrected chi connectivity index (χ3v) is 3.52. The van der Waals surface area contributed by atoms with Gasteiger partial charge < -0.3 is 0 Å². The Morgan fingerprint density at radius 2 is 1.08 bits per heavy atom. The zero-order chi connectivity index (χ0) is 8.55. The summed E-state index contributed by atoms with van der Waals surface area (Å²) in [5.74, 6) is 1.15. The summed E-state index contributed by atoms with van der Waals surface area (Å²) in [7, 11) is 0. The fourth-order valence-corrected chi connectivity index (χ4v) is 2.82. The third-order valence-electron chi connectivity index (χ3n) is 3.52. The Morgan fingerprint density at radius 1 is 0.750 bits per heavy atom. The molecule has 12 heavy (non-hydrogen) atoms. The van der Waals surface area contributed by atoms with Crippen LogP contribution in [-0.4, -0.2) is 0 Å². The molecule has 0 aliphatic heterocycles. The van der Waals surface area contributed by atoms with Gasteiger partial charge in [0.1, 0.15) is 0 Å². The lowest BCUT2D eigenvalue weighted by molar-refractivity contribution is 0.0875. The molecule has 3 fully saturated rings. The van der Waals surface area contributed by atoms with Crippen LogP contribution in [0.5, 0.6) is 0 Å². The summed E-state index contributed by atoms with van der Waals surface area (Å²) in [4.78, 5) is 0. The molecule has 62 valence electrons. The second kappa shape index (κ2) is 2.79. The van der Waals surface area contributed by atoms with Gasteiger partial charge in [-0.05, 0) is 37.5 Å². The maximum Gasteiger partial charge on any atom is 0.0672 e. The third kappa shape index (κ3) is 0.916. The quantitative estimate of drug-likeness (QED) is 0.544. The van der Waals surface area contributed by atoms with Crippen molar-refractivity contribution in [2.45, 2.75) is 25.7 Å². The SMILES string of the molecule is N#C[C@@H]1C2CCC(CC2)[C@@H]1C#N. The molecule has 2 atom stereocenters. The van der Waals surface area contributed by atoms with Gasteiger partial charge in [0.15, 0.2) is 0 Å². The molecule has 2 heteroatoms. The number of nitrogens with zero attached hydrogens (tertiary/aromatic N) is 2. The number of hydrogen-bond acceptors (Lipinski definition) is 2. The second-order valence-electron chi connectivity index (χ2n) is 3.98. The van der Waals surface area contributed by atoms with Crippen LogP contribution in [0.25, 0.3) is 0 Å². The first-order chi connectivity index (χ1) is 5.86. The monoisotopic (exact) mass is 160 g/mol. The molecule has 3 aliphatic rings. The summed E-state index contributed by atoms with van der Waals surface area (Å²) in [5.41, 5.74) is 0. The van der Waals surface area contributed by atoms with Crippen LogP contribution < -0.4 is 0 Å². The van der Waals surface area contributed by atoms with Crippen molar-refractivity contribution in [3.05, 3.63) is 0 Å². The Balaban J connectivity index is 2.23. The highest BCUT2D eigenvalue weighted by Crippen LogP contribution is 2.48. The Morgan fingerprint density at radius 3 is 1.33 bits per heavy atom. The summed E-state index contributed by atoms with van der Waals surface area (Å²) in [6.45, 7) is 0. The Kier molecular flexibility index (Phi) is 1.77. The van der Waals surface area contributed by atoms with Gasteiger partial charge in [-0.15, -0.1) is 0 Å². The van der Waals surface area contributed by atoms with Crippen molar-refractivity contribution in [3.63, 3.8) is 0 Å². The molecular formula is C10H12N2. The molecule has 0 radical (unpaired) electrons. The summed E-state index contributed by atoms with van der Waals surface area (Å²) in [6.07, 6.45) is 4.73. The van der Waals surface area contributed by atoms with E-state index in [1.807, 2.05) is 0 Å². The van der Waals surface area contributed by atoms with Crippen molar-refractivity contribution in [2.24, 2.45) is 23.7 Å². The Labute approximate surface area is 72.8 Å². The van der Waals surface area contributed by atoms with Crippen LogP contribution in [0.2, 0.25) is 0 Å². The predicted octanol–water partition coefficient (Wildman–Crippen LogP) is 2.09. The maximum atomic E-state index is 8.91. The van der Waals surface area contributed by atoms with Crippen molar-refractivity contribution < 1.29 is 0 Å². The molecule has 0 amide bonds. The van der Waals surface area contributed by atoms with Crippen molar-refractivity contribution in [2.75, 3.05) is 0 Å². The molecule has 0 unspecified atom stereocenters. The van der Waals surface area contributed by atoms with Crippen molar-refractivity contribution >= 4 is 0 Å². The lowest BCUT2D eigenvalue weighted by Gasteiger charge is -2.42. The molecule has 3 rings (SSSR count). The molecule has 2 bridgehead atoms. The van der Waals surface area contributed by atoms with E-state index in [4.69, 9.17) is 10.5 Å². The van der Waals surface area contributed by atoms with Gasteiger partial charge in [-0.2, -0.15) is 10.5 Å². The van der Waals surface area contributed by atoms with E-state index in [2.05, 4.69) is 12.1 Å². The summed E-state index contributed by atoms with van der Waals surface area (Å²) in [5, 5.41) is 17.8. The standard InChI is InChI=1S/C10H12N2/c11-5-9-7-1-2-8(4-3-7)10(9)6-12/h7-10H,1-4H2/t7?,8?,9-,10+. The van der Waals surface area contributed by atoms with E-state index in [0.717, 1.165) is 0 Å². The van der Waals surface area contributed by atoms with Gasteiger partial charge in [-0.1, -0.05) is 0 Å². The van der Waals surface area contributed by atoms with Crippen LogP contribution in [-0.2, 0) is 0 Å². The molecule has 0 N–H and O–H groups in total. The lowest BCUT2D eigenvalue weighted by atomic mass is 9.59. The van der Waals surface area contributed by atoms with Crippen molar-refractivity contribution in [1.29, 1.82) is 10.5 Å². The van der Waals surface area contributed by atoms with E-state index in [9.17, 15) is 0 Å². The van der Waals surface area contributed by atoms with Crippen molar-refractivity contribution in [3.8, 4) is 12.1 Å². The Hall–Kier alpha value is -1.02. The summed E-state index contributed by atoms with van der Waals surface area (Å²) >= 11 is 0. The Bertz CT molecular complexity index is 222. The molecule has 2 nitrogen and oxygen atoms in total. The first-order valence-electron chi connectivity index (χ1n) is 4.66. The highest BCUT2D eigenvalue weighted by Gasteiger charge is 2.43. The highest BCUT2D eigenvalue weighted by molar-refractivity contribution is 5.08. The minimum absolute atomic E-state index is 0.0440. The molecule has 3 saturated carbocycles. The molecule has 3 aliphatic carbocycles. The van der Waals surface area contributed by atoms with Crippen LogP contribution in [0, 0.1) is 46.3 Å². The number of fused-ring (bicyclic) bond motifs is 3. The van der Waals surface area contributed by atoms with E-state index >= 15 is 0 Å². The van der Waals surface area contributed by atoms with Gasteiger partial charge in [-0.3, -0.25) is 0 Å². The first kappa shape index (κ1) is 7.62. The average molecular weight is 160 g/mol. The van der Waals surface area contributed by atoms with Gasteiger partial charge in [0.2, 0.25) is 0 Å². The van der Waals surface area contributed by atoms with Crippen LogP contribution in [0.1, 0.15) is 25.7 Å². The maximum absolute atomic E-state index is 8.91. The van der Waals surface area contributed by atoms with E-state index in [1.165, 1.54) is 25.7 Å². The fourth-order valence-electron chi connectivity index (χ4n) is 2.82. The van der Waals surface area contributed by atoms with Gasteiger partial charge in [0.05, 0.1) is 24.0 Å². The zero-order valence-electron chi connectivity index (χ0n) is 7.03. The molecule has 0 aromatic heterocycles. The average Bonchev–Trinajstić information content (AvgIpc) is 2.18. The minimum Gasteiger partial charge on any atom is -0.198 e.